The monoisotopic (exact) mass is 126 g/mol. The van der Waals surface area contributed by atoms with Gasteiger partial charge in [0.25, 0.3) is 0 Å². The summed E-state index contributed by atoms with van der Waals surface area (Å²) < 4.78 is 0. The minimum atomic E-state index is 0.471. The maximum atomic E-state index is 5.31. The molecule has 0 aromatic carbocycles. The normalized spacial score (nSPS) is 13.6. The third kappa shape index (κ3) is 2.90. The molecule has 2 heteroatoms. The molecule has 0 rings (SSSR count). The molecule has 0 aliphatic rings. The van der Waals surface area contributed by atoms with Gasteiger partial charge in [-0.15, -0.1) is 0 Å². The average molecular weight is 126 g/mol. The van der Waals surface area contributed by atoms with Crippen LogP contribution >= 0.6 is 0 Å². The summed E-state index contributed by atoms with van der Waals surface area (Å²) in [4.78, 5) is 3.85. The molecule has 0 radical (unpaired) electrons. The van der Waals surface area contributed by atoms with Crippen LogP contribution in [0.1, 0.15) is 13.8 Å². The molecule has 0 aromatic rings. The Morgan fingerprint density at radius 3 is 2.22 bits per heavy atom. The van der Waals surface area contributed by atoms with E-state index < -0.39 is 0 Å². The molecule has 52 valence electrons. The Morgan fingerprint density at radius 1 is 1.56 bits per heavy atom. The van der Waals surface area contributed by atoms with Crippen LogP contribution in [0.15, 0.2) is 16.8 Å². The van der Waals surface area contributed by atoms with Crippen LogP contribution in [0, 0.1) is 5.92 Å². The first-order valence-corrected chi connectivity index (χ1v) is 3.06. The van der Waals surface area contributed by atoms with Crippen LogP contribution in [0.25, 0.3) is 0 Å². The van der Waals surface area contributed by atoms with E-state index >= 15 is 0 Å². The summed E-state index contributed by atoms with van der Waals surface area (Å²) in [7, 11) is 1.74. The number of aliphatic imine (C=N–C) groups is 1. The first-order valence-electron chi connectivity index (χ1n) is 3.06. The smallest absolute Gasteiger partial charge is 0.0277 e. The van der Waals surface area contributed by atoms with Gasteiger partial charge in [0.15, 0.2) is 0 Å². The third-order valence-corrected chi connectivity index (χ3v) is 1.14. The molecule has 0 spiro atoms. The van der Waals surface area contributed by atoms with Gasteiger partial charge in [0.05, 0.1) is 0 Å². The van der Waals surface area contributed by atoms with Crippen LogP contribution in [0.4, 0.5) is 0 Å². The lowest BCUT2D eigenvalue weighted by Crippen LogP contribution is -1.98. The highest BCUT2D eigenvalue weighted by atomic mass is 14.6. The van der Waals surface area contributed by atoms with Crippen molar-refractivity contribution in [2.45, 2.75) is 13.8 Å². The molecule has 0 saturated heterocycles. The van der Waals surface area contributed by atoms with E-state index in [0.717, 1.165) is 5.57 Å². The fourth-order valence-electron chi connectivity index (χ4n) is 0.534. The number of rotatable bonds is 2. The van der Waals surface area contributed by atoms with Crippen LogP contribution in [-0.2, 0) is 0 Å². The predicted octanol–water partition coefficient (Wildman–Crippen LogP) is 1.19. The van der Waals surface area contributed by atoms with Crippen molar-refractivity contribution in [3.05, 3.63) is 11.8 Å². The number of nitrogens with zero attached hydrogens (tertiary/aromatic N) is 1. The van der Waals surface area contributed by atoms with E-state index in [4.69, 9.17) is 5.73 Å². The van der Waals surface area contributed by atoms with Gasteiger partial charge in [-0.3, -0.25) is 4.99 Å². The molecule has 0 aliphatic heterocycles. The van der Waals surface area contributed by atoms with E-state index in [0.29, 0.717) is 5.92 Å². The molecule has 0 aromatic heterocycles. The molecule has 0 heterocycles. The van der Waals surface area contributed by atoms with E-state index in [1.165, 1.54) is 0 Å². The van der Waals surface area contributed by atoms with Crippen LogP contribution in [0.3, 0.4) is 0 Å². The summed E-state index contributed by atoms with van der Waals surface area (Å²) in [5.41, 5.74) is 6.39. The molecule has 0 unspecified atom stereocenters. The zero-order valence-electron chi connectivity index (χ0n) is 6.26. The van der Waals surface area contributed by atoms with E-state index in [9.17, 15) is 0 Å². The number of hydrogen-bond acceptors (Lipinski definition) is 2. The van der Waals surface area contributed by atoms with E-state index in [1.807, 2.05) is 0 Å². The molecule has 0 atom stereocenters. The molecular formula is C7H14N2. The topological polar surface area (TPSA) is 38.4 Å². The Morgan fingerprint density at radius 2 is 2.11 bits per heavy atom. The summed E-state index contributed by atoms with van der Waals surface area (Å²) in [6.45, 7) is 4.17. The standard InChI is InChI=1S/C7H14N2/c1-6(2)7(4-8)5-9-3/h4-6H,8H2,1-3H3/b7-4+,9-5-. The van der Waals surface area contributed by atoms with Crippen molar-refractivity contribution >= 4 is 6.21 Å². The maximum Gasteiger partial charge on any atom is 0.0277 e. The van der Waals surface area contributed by atoms with Gasteiger partial charge >= 0.3 is 0 Å². The van der Waals surface area contributed by atoms with Crippen molar-refractivity contribution in [1.29, 1.82) is 0 Å². The lowest BCUT2D eigenvalue weighted by molar-refractivity contribution is 0.803. The summed E-state index contributed by atoms with van der Waals surface area (Å²) in [6, 6.07) is 0. The van der Waals surface area contributed by atoms with E-state index in [2.05, 4.69) is 18.8 Å². The highest BCUT2D eigenvalue weighted by Crippen LogP contribution is 2.03. The molecule has 0 fully saturated rings. The molecule has 2 N–H and O–H groups in total. The largest absolute Gasteiger partial charge is 0.404 e. The zero-order chi connectivity index (χ0) is 7.28. The van der Waals surface area contributed by atoms with Gasteiger partial charge in [-0.25, -0.2) is 0 Å². The van der Waals surface area contributed by atoms with Gasteiger partial charge < -0.3 is 5.73 Å². The summed E-state index contributed by atoms with van der Waals surface area (Å²) >= 11 is 0. The van der Waals surface area contributed by atoms with Crippen molar-refractivity contribution in [2.24, 2.45) is 16.6 Å². The van der Waals surface area contributed by atoms with Crippen molar-refractivity contribution in [1.82, 2.24) is 0 Å². The fourth-order valence-corrected chi connectivity index (χ4v) is 0.534. The highest BCUT2D eigenvalue weighted by molar-refractivity contribution is 5.78. The number of allylic oxidation sites excluding steroid dienone is 1. The van der Waals surface area contributed by atoms with Crippen LogP contribution < -0.4 is 5.73 Å². The molecular weight excluding hydrogens is 112 g/mol. The first-order chi connectivity index (χ1) is 4.22. The Bertz CT molecular complexity index is 123. The average Bonchev–Trinajstić information content (AvgIpc) is 1.82. The zero-order valence-corrected chi connectivity index (χ0v) is 6.26. The SMILES string of the molecule is C/N=C\C(=C/N)C(C)C. The Labute approximate surface area is 56.5 Å². The summed E-state index contributed by atoms with van der Waals surface area (Å²) in [5.74, 6) is 0.471. The molecule has 0 bridgehead atoms. The maximum absolute atomic E-state index is 5.31. The van der Waals surface area contributed by atoms with Gasteiger partial charge in [0, 0.05) is 13.3 Å². The second-order valence-electron chi connectivity index (χ2n) is 2.21. The second-order valence-corrected chi connectivity index (χ2v) is 2.21. The minimum Gasteiger partial charge on any atom is -0.404 e. The van der Waals surface area contributed by atoms with E-state index in [1.54, 1.807) is 19.5 Å². The van der Waals surface area contributed by atoms with Crippen LogP contribution in [0.2, 0.25) is 0 Å². The molecule has 0 saturated carbocycles. The lowest BCUT2D eigenvalue weighted by atomic mass is 10.1. The molecule has 0 aliphatic carbocycles. The van der Waals surface area contributed by atoms with Crippen LogP contribution in [0.5, 0.6) is 0 Å². The quantitative estimate of drug-likeness (QED) is 0.554. The number of nitrogens with two attached hydrogens (primary N) is 1. The Balaban J connectivity index is 4.01. The highest BCUT2D eigenvalue weighted by Gasteiger charge is 1.96. The van der Waals surface area contributed by atoms with Gasteiger partial charge in [-0.05, 0) is 17.7 Å². The molecule has 2 nitrogen and oxygen atoms in total. The van der Waals surface area contributed by atoms with Crippen molar-refractivity contribution in [2.75, 3.05) is 7.05 Å². The molecule has 0 amide bonds. The summed E-state index contributed by atoms with van der Waals surface area (Å²) in [6.07, 6.45) is 3.38. The number of hydrogen-bond donors (Lipinski definition) is 1. The van der Waals surface area contributed by atoms with Crippen LogP contribution in [-0.4, -0.2) is 13.3 Å². The van der Waals surface area contributed by atoms with Crippen molar-refractivity contribution < 1.29 is 0 Å². The van der Waals surface area contributed by atoms with Gasteiger partial charge in [-0.1, -0.05) is 13.8 Å². The minimum absolute atomic E-state index is 0.471. The van der Waals surface area contributed by atoms with Gasteiger partial charge in [-0.2, -0.15) is 0 Å². The fraction of sp³-hybridized carbons (Fsp3) is 0.571. The third-order valence-electron chi connectivity index (χ3n) is 1.14. The van der Waals surface area contributed by atoms with Gasteiger partial charge in [0.2, 0.25) is 0 Å². The van der Waals surface area contributed by atoms with Gasteiger partial charge in [0.1, 0.15) is 0 Å². The summed E-state index contributed by atoms with van der Waals surface area (Å²) in [5, 5.41) is 0. The first kappa shape index (κ1) is 8.21. The predicted molar refractivity (Wildman–Crippen MR) is 41.5 cm³/mol. The molecule has 9 heavy (non-hydrogen) atoms. The Hall–Kier alpha value is -0.790. The van der Waals surface area contributed by atoms with Crippen molar-refractivity contribution in [3.63, 3.8) is 0 Å². The second kappa shape index (κ2) is 4.13. The van der Waals surface area contributed by atoms with E-state index in [-0.39, 0.29) is 0 Å². The Kier molecular flexibility index (Phi) is 3.76. The van der Waals surface area contributed by atoms with Crippen molar-refractivity contribution in [3.8, 4) is 0 Å². The lowest BCUT2D eigenvalue weighted by Gasteiger charge is -2.01.